The van der Waals surface area contributed by atoms with E-state index in [1.54, 1.807) is 0 Å². The van der Waals surface area contributed by atoms with Gasteiger partial charge in [0.1, 0.15) is 6.61 Å². The van der Waals surface area contributed by atoms with Crippen LogP contribution in [0, 0.1) is 0 Å². The fourth-order valence-electron chi connectivity index (χ4n) is 1.90. The molecule has 2 heterocycles. The summed E-state index contributed by atoms with van der Waals surface area (Å²) in [6.45, 7) is 5.32. The van der Waals surface area contributed by atoms with Gasteiger partial charge in [-0.05, 0) is 32.6 Å². The summed E-state index contributed by atoms with van der Waals surface area (Å²) in [5, 5.41) is 0. The molecule has 2 aliphatic rings. The predicted octanol–water partition coefficient (Wildman–Crippen LogP) is 2.08. The molecule has 0 N–H and O–H groups in total. The monoisotopic (exact) mass is 185 g/mol. The molecule has 2 rings (SSSR count). The number of rotatable bonds is 1. The Kier molecular flexibility index (Phi) is 2.36. The summed E-state index contributed by atoms with van der Waals surface area (Å²) in [6.07, 6.45) is 4.11. The minimum Gasteiger partial charge on any atom is -0.478 e. The van der Waals surface area contributed by atoms with Crippen LogP contribution in [0.5, 0.6) is 0 Å². The third kappa shape index (κ3) is 1.50. The van der Waals surface area contributed by atoms with Crippen LogP contribution in [0.4, 0.5) is 0 Å². The van der Waals surface area contributed by atoms with Crippen molar-refractivity contribution in [2.24, 2.45) is 4.99 Å². The molecule has 0 saturated carbocycles. The van der Waals surface area contributed by atoms with Crippen molar-refractivity contribution in [1.29, 1.82) is 0 Å². The van der Waals surface area contributed by atoms with Crippen molar-refractivity contribution in [3.8, 4) is 0 Å². The van der Waals surface area contributed by atoms with Crippen molar-refractivity contribution in [2.75, 3.05) is 19.4 Å². The highest BCUT2D eigenvalue weighted by Gasteiger charge is 2.31. The molecule has 0 aromatic rings. The van der Waals surface area contributed by atoms with Crippen LogP contribution in [-0.2, 0) is 4.74 Å². The maximum absolute atomic E-state index is 5.59. The maximum Gasteiger partial charge on any atom is 0.191 e. The second kappa shape index (κ2) is 3.33. The lowest BCUT2D eigenvalue weighted by Gasteiger charge is -2.14. The van der Waals surface area contributed by atoms with Crippen LogP contribution in [0.3, 0.4) is 0 Å². The Morgan fingerprint density at radius 2 is 2.42 bits per heavy atom. The molecule has 0 amide bonds. The van der Waals surface area contributed by atoms with E-state index in [-0.39, 0.29) is 7.92 Å². The highest BCUT2D eigenvalue weighted by molar-refractivity contribution is 7.59. The number of hydrogen-bond donors (Lipinski definition) is 0. The van der Waals surface area contributed by atoms with Crippen LogP contribution in [0.15, 0.2) is 4.99 Å². The zero-order chi connectivity index (χ0) is 8.55. The van der Waals surface area contributed by atoms with Gasteiger partial charge in [0.25, 0.3) is 0 Å². The van der Waals surface area contributed by atoms with Gasteiger partial charge in [-0.2, -0.15) is 0 Å². The number of ether oxygens (including phenoxy) is 1. The van der Waals surface area contributed by atoms with Gasteiger partial charge in [-0.25, -0.2) is 4.99 Å². The van der Waals surface area contributed by atoms with Crippen LogP contribution in [0.1, 0.15) is 19.8 Å². The Morgan fingerprint density at radius 1 is 1.58 bits per heavy atom. The molecule has 1 saturated heterocycles. The van der Waals surface area contributed by atoms with Crippen LogP contribution in [0.2, 0.25) is 0 Å². The molecular formula is C9H16NOP. The largest absolute Gasteiger partial charge is 0.478 e. The normalized spacial score (nSPS) is 41.2. The average Bonchev–Trinajstić information content (AvgIpc) is 2.58. The van der Waals surface area contributed by atoms with Crippen molar-refractivity contribution < 1.29 is 4.74 Å². The molecule has 0 bridgehead atoms. The molecular weight excluding hydrogens is 169 g/mol. The van der Waals surface area contributed by atoms with Crippen molar-refractivity contribution >= 4 is 13.8 Å². The van der Waals surface area contributed by atoms with E-state index in [0.29, 0.717) is 11.7 Å². The van der Waals surface area contributed by atoms with Gasteiger partial charge in [-0.15, -0.1) is 0 Å². The molecule has 3 heteroatoms. The zero-order valence-electron chi connectivity index (χ0n) is 7.79. The summed E-state index contributed by atoms with van der Waals surface area (Å²) in [5.41, 5.74) is 0.699. The fraction of sp³-hybridized carbons (Fsp3) is 0.889. The molecule has 1 unspecified atom stereocenters. The quantitative estimate of drug-likeness (QED) is 0.573. The molecule has 0 radical (unpaired) electrons. The lowest BCUT2D eigenvalue weighted by molar-refractivity contribution is 0.316. The zero-order valence-corrected chi connectivity index (χ0v) is 8.68. The van der Waals surface area contributed by atoms with Crippen molar-refractivity contribution in [2.45, 2.75) is 31.5 Å². The number of nitrogens with zero attached hydrogens (tertiary/aromatic N) is 1. The lowest BCUT2D eigenvalue weighted by Crippen LogP contribution is -2.15. The van der Waals surface area contributed by atoms with Gasteiger partial charge in [-0.1, -0.05) is 7.92 Å². The van der Waals surface area contributed by atoms with Gasteiger partial charge in [0.15, 0.2) is 5.90 Å². The molecule has 0 aromatic carbocycles. The van der Waals surface area contributed by atoms with Crippen LogP contribution < -0.4 is 0 Å². The van der Waals surface area contributed by atoms with Gasteiger partial charge in [0, 0.05) is 0 Å². The summed E-state index contributed by atoms with van der Waals surface area (Å²) < 4.78 is 5.59. The van der Waals surface area contributed by atoms with E-state index in [4.69, 9.17) is 4.74 Å². The number of aliphatic imine (C=N–C) groups is 1. The summed E-state index contributed by atoms with van der Waals surface area (Å²) in [4.78, 5) is 4.53. The molecule has 68 valence electrons. The molecule has 1 fully saturated rings. The highest BCUT2D eigenvalue weighted by atomic mass is 31.1. The lowest BCUT2D eigenvalue weighted by atomic mass is 10.2. The smallest absolute Gasteiger partial charge is 0.191 e. The van der Waals surface area contributed by atoms with E-state index in [2.05, 4.69) is 18.6 Å². The first-order valence-corrected chi connectivity index (χ1v) is 6.72. The van der Waals surface area contributed by atoms with Crippen LogP contribution in [-0.4, -0.2) is 37.0 Å². The summed E-state index contributed by atoms with van der Waals surface area (Å²) >= 11 is 0. The summed E-state index contributed by atoms with van der Waals surface area (Å²) in [5.74, 6) is 1.08. The van der Waals surface area contributed by atoms with E-state index in [0.717, 1.165) is 12.5 Å². The molecule has 0 aliphatic carbocycles. The number of hydrogen-bond acceptors (Lipinski definition) is 2. The second-order valence-corrected chi connectivity index (χ2v) is 6.35. The first-order chi connectivity index (χ1) is 5.77. The van der Waals surface area contributed by atoms with Gasteiger partial charge in [0.2, 0.25) is 0 Å². The van der Waals surface area contributed by atoms with Gasteiger partial charge < -0.3 is 4.74 Å². The second-order valence-electron chi connectivity index (χ2n) is 3.77. The molecule has 2 nitrogen and oxygen atoms in total. The van der Waals surface area contributed by atoms with Gasteiger partial charge in [0.05, 0.1) is 11.7 Å². The first kappa shape index (κ1) is 8.50. The third-order valence-corrected chi connectivity index (χ3v) is 5.19. The Balaban J connectivity index is 2.04. The van der Waals surface area contributed by atoms with E-state index >= 15 is 0 Å². The fourth-order valence-corrected chi connectivity index (χ4v) is 4.04. The van der Waals surface area contributed by atoms with E-state index in [1.165, 1.54) is 19.0 Å². The van der Waals surface area contributed by atoms with Crippen LogP contribution >= 0.6 is 7.92 Å². The topological polar surface area (TPSA) is 21.6 Å². The predicted molar refractivity (Wildman–Crippen MR) is 53.6 cm³/mol. The third-order valence-electron chi connectivity index (χ3n) is 2.63. The van der Waals surface area contributed by atoms with Gasteiger partial charge in [-0.3, -0.25) is 0 Å². The maximum atomic E-state index is 5.59. The van der Waals surface area contributed by atoms with Crippen molar-refractivity contribution in [3.63, 3.8) is 0 Å². The van der Waals surface area contributed by atoms with E-state index < -0.39 is 0 Å². The Morgan fingerprint density at radius 3 is 2.92 bits per heavy atom. The highest BCUT2D eigenvalue weighted by Crippen LogP contribution is 2.47. The molecule has 3 atom stereocenters. The first-order valence-electron chi connectivity index (χ1n) is 4.68. The van der Waals surface area contributed by atoms with E-state index in [9.17, 15) is 0 Å². The summed E-state index contributed by atoms with van der Waals surface area (Å²) in [7, 11) is 0.186. The Bertz CT molecular complexity index is 205. The minimum absolute atomic E-state index is 0.186. The molecule has 12 heavy (non-hydrogen) atoms. The van der Waals surface area contributed by atoms with Gasteiger partial charge >= 0.3 is 0 Å². The molecule has 2 aliphatic heterocycles. The summed E-state index contributed by atoms with van der Waals surface area (Å²) in [6, 6.07) is 0.406. The van der Waals surface area contributed by atoms with Crippen LogP contribution in [0.25, 0.3) is 0 Å². The standard InChI is InChI=1S/C9H16NOP/c1-7-6-11-9(10-7)8-4-3-5-12(8)2/h7-8H,3-6H2,1-2H3/t7-,8+,12?/m0/s1. The van der Waals surface area contributed by atoms with E-state index in [1.807, 2.05) is 0 Å². The van der Waals surface area contributed by atoms with Crippen molar-refractivity contribution in [1.82, 2.24) is 0 Å². The van der Waals surface area contributed by atoms with Crippen molar-refractivity contribution in [3.05, 3.63) is 0 Å². The Hall–Kier alpha value is -0.100. The Labute approximate surface area is 75.2 Å². The average molecular weight is 185 g/mol. The molecule has 0 aromatic heterocycles. The molecule has 0 spiro atoms. The SMILES string of the molecule is C[C@H]1COC([C@H]2CCCP2C)=N1. The minimum atomic E-state index is 0.186.